The molecule has 1 aliphatic heterocycles. The summed E-state index contributed by atoms with van der Waals surface area (Å²) in [6, 6.07) is -0.0577. The van der Waals surface area contributed by atoms with Crippen molar-refractivity contribution in [1.82, 2.24) is 10.4 Å². The first-order valence-corrected chi connectivity index (χ1v) is 6.55. The Labute approximate surface area is 138 Å². The van der Waals surface area contributed by atoms with E-state index in [1.165, 1.54) is 0 Å². The van der Waals surface area contributed by atoms with Gasteiger partial charge in [0.1, 0.15) is 11.4 Å². The maximum absolute atomic E-state index is 12.8. The van der Waals surface area contributed by atoms with Crippen LogP contribution in [-0.4, -0.2) is 33.3 Å². The summed E-state index contributed by atoms with van der Waals surface area (Å²) >= 11 is 0. The highest BCUT2D eigenvalue weighted by atomic mass is 19.4. The third-order valence-corrected chi connectivity index (χ3v) is 3.37. The Bertz CT molecular complexity index is 679. The van der Waals surface area contributed by atoms with E-state index in [1.807, 2.05) is 0 Å². The first kappa shape index (κ1) is 20.2. The zero-order chi connectivity index (χ0) is 20.1. The van der Waals surface area contributed by atoms with Crippen LogP contribution >= 0.6 is 0 Å². The SMILES string of the molecule is OC1NN=C(C(F)(F)F)C1C(O)c1cc(C(F)(F)F)nc(C(F)(F)F)c1. The maximum atomic E-state index is 12.8. The van der Waals surface area contributed by atoms with Gasteiger partial charge in [0.25, 0.3) is 0 Å². The summed E-state index contributed by atoms with van der Waals surface area (Å²) < 4.78 is 115. The van der Waals surface area contributed by atoms with Gasteiger partial charge in [0, 0.05) is 0 Å². The van der Waals surface area contributed by atoms with E-state index in [0.717, 1.165) is 0 Å². The molecule has 26 heavy (non-hydrogen) atoms. The Balaban J connectivity index is 2.54. The minimum absolute atomic E-state index is 0.0288. The van der Waals surface area contributed by atoms with Crippen molar-refractivity contribution >= 4 is 5.71 Å². The van der Waals surface area contributed by atoms with Crippen LogP contribution in [-0.2, 0) is 12.4 Å². The molecule has 3 atom stereocenters. The number of aliphatic hydroxyl groups is 2. The molecule has 1 aromatic heterocycles. The Morgan fingerprint density at radius 2 is 1.35 bits per heavy atom. The van der Waals surface area contributed by atoms with Crippen LogP contribution in [0.4, 0.5) is 39.5 Å². The molecule has 1 aromatic rings. The second-order valence-electron chi connectivity index (χ2n) is 5.21. The molecule has 146 valence electrons. The van der Waals surface area contributed by atoms with Crippen molar-refractivity contribution in [3.63, 3.8) is 0 Å². The van der Waals surface area contributed by atoms with Crippen molar-refractivity contribution in [3.8, 4) is 0 Å². The summed E-state index contributed by atoms with van der Waals surface area (Å²) in [5.74, 6) is -2.35. The van der Waals surface area contributed by atoms with Crippen LogP contribution in [0.15, 0.2) is 17.2 Å². The van der Waals surface area contributed by atoms with Gasteiger partial charge in [-0.3, -0.25) is 5.43 Å². The fraction of sp³-hybridized carbons (Fsp3) is 0.500. The van der Waals surface area contributed by atoms with Crippen molar-refractivity contribution in [2.24, 2.45) is 11.0 Å². The van der Waals surface area contributed by atoms with Crippen LogP contribution in [0.1, 0.15) is 23.1 Å². The smallest absolute Gasteiger partial charge is 0.388 e. The summed E-state index contributed by atoms with van der Waals surface area (Å²) in [5, 5.41) is 22.2. The normalized spacial score (nSPS) is 22.8. The molecule has 2 heterocycles. The predicted octanol–water partition coefficient (Wildman–Crippen LogP) is 2.61. The maximum Gasteiger partial charge on any atom is 0.433 e. The highest BCUT2D eigenvalue weighted by Crippen LogP contribution is 2.39. The van der Waals surface area contributed by atoms with Crippen LogP contribution in [0.3, 0.4) is 0 Å². The van der Waals surface area contributed by atoms with Gasteiger partial charge in [-0.2, -0.15) is 44.6 Å². The van der Waals surface area contributed by atoms with E-state index in [1.54, 1.807) is 5.43 Å². The Kier molecular flexibility index (Phi) is 4.87. The molecular formula is C12H8F9N3O2. The fourth-order valence-corrected chi connectivity index (χ4v) is 2.23. The van der Waals surface area contributed by atoms with E-state index in [2.05, 4.69) is 10.1 Å². The van der Waals surface area contributed by atoms with Crippen LogP contribution in [0, 0.1) is 5.92 Å². The van der Waals surface area contributed by atoms with Gasteiger partial charge in [-0.15, -0.1) is 0 Å². The van der Waals surface area contributed by atoms with Gasteiger partial charge >= 0.3 is 18.5 Å². The summed E-state index contributed by atoms with van der Waals surface area (Å²) in [5.41, 5.74) is -5.50. The van der Waals surface area contributed by atoms with Gasteiger partial charge in [0.05, 0.1) is 12.0 Å². The molecule has 0 fully saturated rings. The molecule has 1 aliphatic rings. The average Bonchev–Trinajstić information content (AvgIpc) is 2.86. The molecule has 2 rings (SSSR count). The quantitative estimate of drug-likeness (QED) is 0.671. The van der Waals surface area contributed by atoms with Crippen molar-refractivity contribution in [2.75, 3.05) is 0 Å². The van der Waals surface area contributed by atoms with Gasteiger partial charge in [-0.1, -0.05) is 0 Å². The number of halogens is 9. The number of rotatable bonds is 2. The number of nitrogens with one attached hydrogen (secondary N) is 1. The van der Waals surface area contributed by atoms with E-state index >= 15 is 0 Å². The van der Waals surface area contributed by atoms with Crippen LogP contribution in [0.2, 0.25) is 0 Å². The second-order valence-corrected chi connectivity index (χ2v) is 5.21. The van der Waals surface area contributed by atoms with Gasteiger partial charge in [-0.05, 0) is 17.7 Å². The Morgan fingerprint density at radius 3 is 1.73 bits per heavy atom. The van der Waals surface area contributed by atoms with Gasteiger partial charge < -0.3 is 10.2 Å². The highest BCUT2D eigenvalue weighted by molar-refractivity contribution is 5.93. The van der Waals surface area contributed by atoms with E-state index in [0.29, 0.717) is 0 Å². The van der Waals surface area contributed by atoms with Crippen molar-refractivity contribution in [1.29, 1.82) is 0 Å². The van der Waals surface area contributed by atoms with Gasteiger partial charge in [0.2, 0.25) is 0 Å². The molecule has 0 saturated carbocycles. The Hall–Kier alpha value is -2.09. The topological polar surface area (TPSA) is 77.7 Å². The first-order valence-electron chi connectivity index (χ1n) is 6.55. The van der Waals surface area contributed by atoms with Crippen LogP contribution < -0.4 is 5.43 Å². The number of hydrogen-bond acceptors (Lipinski definition) is 5. The second kappa shape index (κ2) is 6.26. The number of aromatic nitrogens is 1. The molecule has 3 unspecified atom stereocenters. The molecule has 0 bridgehead atoms. The molecule has 0 saturated heterocycles. The lowest BCUT2D eigenvalue weighted by atomic mass is 9.90. The number of nitrogens with zero attached hydrogens (tertiary/aromatic N) is 2. The third kappa shape index (κ3) is 4.00. The minimum atomic E-state index is -5.36. The molecule has 0 amide bonds. The van der Waals surface area contributed by atoms with E-state index in [9.17, 15) is 49.7 Å². The number of hydrogen-bond donors (Lipinski definition) is 3. The van der Waals surface area contributed by atoms with Crippen molar-refractivity contribution in [2.45, 2.75) is 30.9 Å². The molecule has 3 N–H and O–H groups in total. The van der Waals surface area contributed by atoms with Crippen LogP contribution in [0.25, 0.3) is 0 Å². The summed E-state index contributed by atoms with van der Waals surface area (Å²) in [4.78, 5) is 2.38. The highest BCUT2D eigenvalue weighted by Gasteiger charge is 2.51. The average molecular weight is 397 g/mol. The summed E-state index contributed by atoms with van der Waals surface area (Å²) in [6.07, 6.45) is -20.7. The molecule has 0 spiro atoms. The van der Waals surface area contributed by atoms with Crippen molar-refractivity contribution in [3.05, 3.63) is 29.1 Å². The zero-order valence-corrected chi connectivity index (χ0v) is 12.1. The molecule has 5 nitrogen and oxygen atoms in total. The lowest BCUT2D eigenvalue weighted by molar-refractivity contribution is -0.150. The van der Waals surface area contributed by atoms with E-state index < -0.39 is 59.4 Å². The molecule has 0 aromatic carbocycles. The zero-order valence-electron chi connectivity index (χ0n) is 12.1. The van der Waals surface area contributed by atoms with E-state index in [4.69, 9.17) is 0 Å². The minimum Gasteiger partial charge on any atom is -0.388 e. The predicted molar refractivity (Wildman–Crippen MR) is 65.3 cm³/mol. The third-order valence-electron chi connectivity index (χ3n) is 3.37. The lowest BCUT2D eigenvalue weighted by Crippen LogP contribution is -2.39. The molecular weight excluding hydrogens is 389 g/mol. The lowest BCUT2D eigenvalue weighted by Gasteiger charge is -2.24. The van der Waals surface area contributed by atoms with Crippen LogP contribution in [0.5, 0.6) is 0 Å². The molecule has 14 heteroatoms. The van der Waals surface area contributed by atoms with Crippen molar-refractivity contribution < 1.29 is 49.7 Å². The number of hydrazone groups is 1. The van der Waals surface area contributed by atoms with Gasteiger partial charge in [0.15, 0.2) is 11.9 Å². The largest absolute Gasteiger partial charge is 0.433 e. The summed E-state index contributed by atoms with van der Waals surface area (Å²) in [7, 11) is 0. The monoisotopic (exact) mass is 397 g/mol. The van der Waals surface area contributed by atoms with Gasteiger partial charge in [-0.25, -0.2) is 4.98 Å². The number of aliphatic hydroxyl groups excluding tert-OH is 2. The van der Waals surface area contributed by atoms with E-state index in [-0.39, 0.29) is 12.1 Å². The number of alkyl halides is 9. The summed E-state index contributed by atoms with van der Waals surface area (Å²) in [6.45, 7) is 0. The number of pyridine rings is 1. The fourth-order valence-electron chi connectivity index (χ4n) is 2.23. The molecule has 0 radical (unpaired) electrons. The standard InChI is InChI=1S/C12H8F9N3O2/c13-10(14,15)4-1-3(2-5(22-4)11(16,17)18)7(25)6-8(12(19,20)21)23-24-9(6)26/h1-2,6-7,9,24-26H. The first-order chi connectivity index (χ1) is 11.6. The molecule has 0 aliphatic carbocycles. The Morgan fingerprint density at radius 1 is 0.885 bits per heavy atom.